The minimum Gasteiger partial charge on any atom is -0.444 e. The second-order valence-electron chi connectivity index (χ2n) is 12.4. The zero-order valence-corrected chi connectivity index (χ0v) is 24.5. The van der Waals surface area contributed by atoms with Crippen molar-refractivity contribution in [2.75, 3.05) is 0 Å². The van der Waals surface area contributed by atoms with E-state index in [4.69, 9.17) is 4.74 Å². The third-order valence-corrected chi connectivity index (χ3v) is 5.87. The predicted molar refractivity (Wildman–Crippen MR) is 146 cm³/mol. The van der Waals surface area contributed by atoms with E-state index in [1.54, 1.807) is 32.6 Å². The van der Waals surface area contributed by atoms with E-state index in [-0.39, 0.29) is 17.9 Å². The van der Waals surface area contributed by atoms with E-state index >= 15 is 0 Å². The van der Waals surface area contributed by atoms with Crippen LogP contribution in [0, 0.1) is 19.8 Å². The van der Waals surface area contributed by atoms with Crippen LogP contribution in [0.25, 0.3) is 0 Å². The van der Waals surface area contributed by atoms with E-state index in [9.17, 15) is 14.4 Å². The largest absolute Gasteiger partial charge is 0.444 e. The number of carbonyl (C=O) groups is 3. The summed E-state index contributed by atoms with van der Waals surface area (Å²) in [6.07, 6.45) is 0.964. The Morgan fingerprint density at radius 3 is 1.97 bits per heavy atom. The fourth-order valence-corrected chi connectivity index (χ4v) is 3.89. The van der Waals surface area contributed by atoms with Crippen LogP contribution in [0.5, 0.6) is 0 Å². The van der Waals surface area contributed by atoms with Gasteiger partial charge in [0.1, 0.15) is 17.7 Å². The third-order valence-electron chi connectivity index (χ3n) is 5.87. The Kier molecular flexibility index (Phi) is 11.0. The number of amides is 3. The number of benzene rings is 1. The Hall–Kier alpha value is -2.57. The highest BCUT2D eigenvalue weighted by Gasteiger charge is 2.38. The average molecular weight is 504 g/mol. The van der Waals surface area contributed by atoms with Crippen molar-refractivity contribution in [2.45, 2.75) is 125 Å². The second kappa shape index (κ2) is 12.6. The van der Waals surface area contributed by atoms with Gasteiger partial charge in [0.25, 0.3) is 0 Å². The van der Waals surface area contributed by atoms with E-state index in [0.717, 1.165) is 29.5 Å². The van der Waals surface area contributed by atoms with Crippen LogP contribution in [0.15, 0.2) is 18.2 Å². The summed E-state index contributed by atoms with van der Waals surface area (Å²) < 4.78 is 5.36. The summed E-state index contributed by atoms with van der Waals surface area (Å²) in [5.74, 6) is -0.130. The average Bonchev–Trinajstić information content (AvgIpc) is 2.68. The van der Waals surface area contributed by atoms with Crippen molar-refractivity contribution < 1.29 is 19.1 Å². The zero-order valence-electron chi connectivity index (χ0n) is 24.5. The molecule has 0 radical (unpaired) electrons. The summed E-state index contributed by atoms with van der Waals surface area (Å²) in [5, 5.41) is 5.74. The SMILES string of the molecule is Cc1ccc(C(C(=O)NC(C)(C)C)N(C(=O)C(C)NC(=O)OC(C)(C)C)C(C)CCC(C)C)cc1C. The predicted octanol–water partition coefficient (Wildman–Crippen LogP) is 5.83. The number of rotatable bonds is 9. The summed E-state index contributed by atoms with van der Waals surface area (Å²) in [5.41, 5.74) is 1.73. The first kappa shape index (κ1) is 31.5. The molecule has 0 aliphatic heterocycles. The fourth-order valence-electron chi connectivity index (χ4n) is 3.89. The minimum absolute atomic E-state index is 0.236. The molecule has 1 rings (SSSR count). The van der Waals surface area contributed by atoms with Gasteiger partial charge in [-0.25, -0.2) is 4.79 Å². The fraction of sp³-hybridized carbons (Fsp3) is 0.690. The van der Waals surface area contributed by atoms with Gasteiger partial charge >= 0.3 is 6.09 Å². The van der Waals surface area contributed by atoms with Gasteiger partial charge in [-0.3, -0.25) is 9.59 Å². The molecule has 3 atom stereocenters. The van der Waals surface area contributed by atoms with Crippen LogP contribution in [0.3, 0.4) is 0 Å². The summed E-state index contributed by atoms with van der Waals surface area (Å²) >= 11 is 0. The number of aryl methyl sites for hydroxylation is 2. The lowest BCUT2D eigenvalue weighted by molar-refractivity contribution is -0.145. The van der Waals surface area contributed by atoms with E-state index in [1.807, 2.05) is 59.7 Å². The highest BCUT2D eigenvalue weighted by molar-refractivity contribution is 5.92. The molecule has 1 aromatic carbocycles. The molecule has 0 saturated carbocycles. The van der Waals surface area contributed by atoms with Crippen LogP contribution in [0.2, 0.25) is 0 Å². The Labute approximate surface area is 218 Å². The number of ether oxygens (including phenoxy) is 1. The molecule has 36 heavy (non-hydrogen) atoms. The highest BCUT2D eigenvalue weighted by Crippen LogP contribution is 2.29. The first-order chi connectivity index (χ1) is 16.3. The molecule has 0 aliphatic rings. The molecule has 3 amide bonds. The Morgan fingerprint density at radius 2 is 1.50 bits per heavy atom. The molecule has 204 valence electrons. The molecule has 0 saturated heterocycles. The number of nitrogens with zero attached hydrogens (tertiary/aromatic N) is 1. The van der Waals surface area contributed by atoms with Crippen molar-refractivity contribution in [3.8, 4) is 0 Å². The summed E-state index contributed by atoms with van der Waals surface area (Å²) in [7, 11) is 0. The molecule has 2 N–H and O–H groups in total. The van der Waals surface area contributed by atoms with Gasteiger partial charge < -0.3 is 20.3 Å². The molecular formula is C29H49N3O4. The van der Waals surface area contributed by atoms with Gasteiger partial charge in [-0.05, 0) is 105 Å². The molecule has 0 heterocycles. The van der Waals surface area contributed by atoms with Crippen molar-refractivity contribution in [3.63, 3.8) is 0 Å². The quantitative estimate of drug-likeness (QED) is 0.444. The highest BCUT2D eigenvalue weighted by atomic mass is 16.6. The minimum atomic E-state index is -0.877. The molecular weight excluding hydrogens is 454 g/mol. The van der Waals surface area contributed by atoms with Crippen LogP contribution in [0.4, 0.5) is 4.79 Å². The van der Waals surface area contributed by atoms with E-state index in [0.29, 0.717) is 5.92 Å². The lowest BCUT2D eigenvalue weighted by atomic mass is 9.94. The van der Waals surface area contributed by atoms with E-state index < -0.39 is 29.3 Å². The smallest absolute Gasteiger partial charge is 0.408 e. The number of hydrogen-bond donors (Lipinski definition) is 2. The number of hydrogen-bond acceptors (Lipinski definition) is 4. The summed E-state index contributed by atoms with van der Waals surface area (Å²) in [6.45, 7) is 23.0. The van der Waals surface area contributed by atoms with Crippen LogP contribution in [-0.2, 0) is 14.3 Å². The van der Waals surface area contributed by atoms with Crippen molar-refractivity contribution in [1.29, 1.82) is 0 Å². The molecule has 0 aliphatic carbocycles. The molecule has 3 unspecified atom stereocenters. The van der Waals surface area contributed by atoms with Crippen molar-refractivity contribution >= 4 is 17.9 Å². The van der Waals surface area contributed by atoms with Gasteiger partial charge in [0.05, 0.1) is 0 Å². The van der Waals surface area contributed by atoms with Crippen molar-refractivity contribution in [3.05, 3.63) is 34.9 Å². The molecule has 7 nitrogen and oxygen atoms in total. The number of carbonyl (C=O) groups excluding carboxylic acids is 3. The maximum atomic E-state index is 13.9. The van der Waals surface area contributed by atoms with Gasteiger partial charge in [0.15, 0.2) is 0 Å². The Morgan fingerprint density at radius 1 is 0.917 bits per heavy atom. The van der Waals surface area contributed by atoms with Crippen LogP contribution in [-0.4, -0.2) is 46.0 Å². The van der Waals surface area contributed by atoms with Crippen LogP contribution < -0.4 is 10.6 Å². The maximum Gasteiger partial charge on any atom is 0.408 e. The molecule has 7 heteroatoms. The Bertz CT molecular complexity index is 912. The van der Waals surface area contributed by atoms with Crippen LogP contribution >= 0.6 is 0 Å². The van der Waals surface area contributed by atoms with Gasteiger partial charge in [0, 0.05) is 11.6 Å². The first-order valence-corrected chi connectivity index (χ1v) is 13.0. The first-order valence-electron chi connectivity index (χ1n) is 13.0. The Balaban J connectivity index is 3.53. The molecule has 0 bridgehead atoms. The lowest BCUT2D eigenvalue weighted by Crippen LogP contribution is -2.56. The monoisotopic (exact) mass is 503 g/mol. The van der Waals surface area contributed by atoms with E-state index in [1.165, 1.54) is 0 Å². The summed E-state index contributed by atoms with van der Waals surface area (Å²) in [4.78, 5) is 41.8. The van der Waals surface area contributed by atoms with Gasteiger partial charge in [-0.1, -0.05) is 32.0 Å². The normalized spacial score (nSPS) is 14.6. The molecule has 0 fully saturated rings. The molecule has 0 spiro atoms. The number of alkyl carbamates (subject to hydrolysis) is 1. The topological polar surface area (TPSA) is 87.7 Å². The third kappa shape index (κ3) is 10.2. The second-order valence-corrected chi connectivity index (χ2v) is 12.4. The summed E-state index contributed by atoms with van der Waals surface area (Å²) in [6, 6.07) is 3.91. The zero-order chi connectivity index (χ0) is 28.0. The van der Waals surface area contributed by atoms with E-state index in [2.05, 4.69) is 24.5 Å². The van der Waals surface area contributed by atoms with Gasteiger partial charge in [0.2, 0.25) is 11.8 Å². The maximum absolute atomic E-state index is 13.9. The lowest BCUT2D eigenvalue weighted by Gasteiger charge is -2.39. The molecule has 0 aromatic heterocycles. The van der Waals surface area contributed by atoms with Gasteiger partial charge in [-0.2, -0.15) is 0 Å². The molecule has 1 aromatic rings. The van der Waals surface area contributed by atoms with Crippen LogP contribution in [0.1, 0.15) is 105 Å². The van der Waals surface area contributed by atoms with Crippen molar-refractivity contribution in [2.24, 2.45) is 5.92 Å². The number of nitrogens with one attached hydrogen (secondary N) is 2. The van der Waals surface area contributed by atoms with Gasteiger partial charge in [-0.15, -0.1) is 0 Å². The standard InChI is InChI=1S/C29H49N3O4/c1-18(2)13-15-21(5)32(26(34)22(6)30-27(35)36-29(10,11)12)24(25(33)31-28(7,8)9)23-16-14-19(3)20(4)17-23/h14,16-18,21-22,24H,13,15H2,1-12H3,(H,30,35)(H,31,33). The van der Waals surface area contributed by atoms with Crippen molar-refractivity contribution in [1.82, 2.24) is 15.5 Å².